The van der Waals surface area contributed by atoms with Crippen LogP contribution in [0.15, 0.2) is 6.07 Å². The van der Waals surface area contributed by atoms with Crippen molar-refractivity contribution in [3.63, 3.8) is 0 Å². The van der Waals surface area contributed by atoms with E-state index in [1.165, 1.54) is 0 Å². The van der Waals surface area contributed by atoms with Crippen molar-refractivity contribution in [3.8, 4) is 0 Å². The fraction of sp³-hybridized carbons (Fsp3) is 0.643. The summed E-state index contributed by atoms with van der Waals surface area (Å²) in [6.07, 6.45) is 0.511. The predicted octanol–water partition coefficient (Wildman–Crippen LogP) is 2.16. The summed E-state index contributed by atoms with van der Waals surface area (Å²) in [6, 6.07) is 1.73. The molecule has 1 aromatic rings. The Morgan fingerprint density at radius 1 is 1.50 bits per heavy atom. The van der Waals surface area contributed by atoms with E-state index in [2.05, 4.69) is 9.97 Å². The average molecular weight is 328 g/mol. The Bertz CT molecular complexity index is 540. The van der Waals surface area contributed by atoms with Crippen molar-refractivity contribution in [3.05, 3.63) is 11.2 Å². The quantitative estimate of drug-likeness (QED) is 0.838. The van der Waals surface area contributed by atoms with Crippen molar-refractivity contribution < 1.29 is 9.53 Å². The number of aromatic nitrogens is 2. The van der Waals surface area contributed by atoms with Gasteiger partial charge < -0.3 is 20.3 Å². The smallest absolute Gasteiger partial charge is 0.410 e. The molecule has 2 rings (SSSR count). The van der Waals surface area contributed by atoms with E-state index in [0.29, 0.717) is 17.5 Å². The van der Waals surface area contributed by atoms with Gasteiger partial charge in [-0.3, -0.25) is 0 Å². The molecule has 0 saturated carbocycles. The van der Waals surface area contributed by atoms with Gasteiger partial charge in [0.1, 0.15) is 16.6 Å². The van der Waals surface area contributed by atoms with Crippen molar-refractivity contribution in [1.82, 2.24) is 14.9 Å². The molecule has 0 bridgehead atoms. The van der Waals surface area contributed by atoms with Crippen LogP contribution in [0.4, 0.5) is 16.6 Å². The summed E-state index contributed by atoms with van der Waals surface area (Å²) < 4.78 is 5.39. The molecule has 2 heterocycles. The summed E-state index contributed by atoms with van der Waals surface area (Å²) in [6.45, 7) is 6.98. The number of nitrogens with two attached hydrogens (primary N) is 1. The monoisotopic (exact) mass is 327 g/mol. The molecule has 1 aliphatic rings. The van der Waals surface area contributed by atoms with Crippen LogP contribution in [0.1, 0.15) is 27.2 Å². The van der Waals surface area contributed by atoms with E-state index in [4.69, 9.17) is 22.1 Å². The lowest BCUT2D eigenvalue weighted by atomic mass is 10.2. The third kappa shape index (κ3) is 4.13. The number of anilines is 2. The molecule has 1 aliphatic heterocycles. The first-order chi connectivity index (χ1) is 10.2. The number of halogens is 1. The number of carbonyl (C=O) groups is 1. The van der Waals surface area contributed by atoms with Crippen LogP contribution >= 0.6 is 11.6 Å². The molecule has 2 N–H and O–H groups in total. The maximum absolute atomic E-state index is 12.1. The number of hydrogen-bond acceptors (Lipinski definition) is 6. The Kier molecular flexibility index (Phi) is 4.65. The molecule has 0 radical (unpaired) electrons. The Morgan fingerprint density at radius 2 is 2.18 bits per heavy atom. The van der Waals surface area contributed by atoms with Gasteiger partial charge in [0.2, 0.25) is 5.95 Å². The molecule has 8 heteroatoms. The van der Waals surface area contributed by atoms with Crippen LogP contribution in [-0.2, 0) is 4.74 Å². The van der Waals surface area contributed by atoms with E-state index in [-0.39, 0.29) is 18.1 Å². The molecule has 0 spiro atoms. The second-order valence-corrected chi connectivity index (χ2v) is 6.77. The average Bonchev–Trinajstić information content (AvgIpc) is 2.84. The minimum Gasteiger partial charge on any atom is -0.444 e. The van der Waals surface area contributed by atoms with Crippen molar-refractivity contribution >= 4 is 29.5 Å². The number of carbonyl (C=O) groups excluding carboxylic acids is 1. The lowest BCUT2D eigenvalue weighted by molar-refractivity contribution is 0.0238. The lowest BCUT2D eigenvalue weighted by Gasteiger charge is -2.28. The first-order valence-corrected chi connectivity index (χ1v) is 7.54. The molecule has 122 valence electrons. The zero-order valence-corrected chi connectivity index (χ0v) is 14.1. The highest BCUT2D eigenvalue weighted by molar-refractivity contribution is 6.29. The van der Waals surface area contributed by atoms with Gasteiger partial charge in [-0.25, -0.2) is 9.78 Å². The predicted molar refractivity (Wildman–Crippen MR) is 86.1 cm³/mol. The molecule has 1 aromatic heterocycles. The normalized spacial score (nSPS) is 18.4. The van der Waals surface area contributed by atoms with Gasteiger partial charge in [0.15, 0.2) is 0 Å². The number of rotatable bonds is 2. The highest BCUT2D eigenvalue weighted by atomic mass is 35.5. The number of amides is 1. The summed E-state index contributed by atoms with van der Waals surface area (Å²) in [7, 11) is 1.75. The zero-order chi connectivity index (χ0) is 16.5. The highest BCUT2D eigenvalue weighted by Gasteiger charge is 2.31. The maximum atomic E-state index is 12.1. The van der Waals surface area contributed by atoms with Crippen molar-refractivity contribution in [2.24, 2.45) is 0 Å². The van der Waals surface area contributed by atoms with Gasteiger partial charge in [-0.05, 0) is 27.2 Å². The summed E-state index contributed by atoms with van der Waals surface area (Å²) in [5.74, 6) is 0.823. The molecule has 0 aliphatic carbocycles. The summed E-state index contributed by atoms with van der Waals surface area (Å²) in [4.78, 5) is 23.8. The molecule has 7 nitrogen and oxygen atoms in total. The topological polar surface area (TPSA) is 84.6 Å². The first-order valence-electron chi connectivity index (χ1n) is 7.16. The van der Waals surface area contributed by atoms with Crippen LogP contribution in [0.3, 0.4) is 0 Å². The number of nitrogens with zero attached hydrogens (tertiary/aromatic N) is 4. The fourth-order valence-corrected chi connectivity index (χ4v) is 2.52. The number of likely N-dealkylation sites (N-methyl/N-ethyl adjacent to an activating group) is 1. The highest BCUT2D eigenvalue weighted by Crippen LogP contribution is 2.24. The van der Waals surface area contributed by atoms with Gasteiger partial charge in [-0.15, -0.1) is 0 Å². The van der Waals surface area contributed by atoms with E-state index in [9.17, 15) is 4.79 Å². The van der Waals surface area contributed by atoms with E-state index in [1.54, 1.807) is 18.0 Å². The van der Waals surface area contributed by atoms with Gasteiger partial charge in [0.05, 0.1) is 6.04 Å². The molecular formula is C14H22ClN5O2. The fourth-order valence-electron chi connectivity index (χ4n) is 2.33. The Hall–Kier alpha value is -1.76. The van der Waals surface area contributed by atoms with Crippen LogP contribution in [0.5, 0.6) is 0 Å². The maximum Gasteiger partial charge on any atom is 0.410 e. The number of hydrogen-bond donors (Lipinski definition) is 1. The lowest BCUT2D eigenvalue weighted by Crippen LogP contribution is -2.42. The Morgan fingerprint density at radius 3 is 2.77 bits per heavy atom. The van der Waals surface area contributed by atoms with Crippen LogP contribution in [-0.4, -0.2) is 52.7 Å². The standard InChI is InChI=1S/C14H22ClN5O2/c1-14(2,3)22-13(21)19(4)9-5-6-20(8-9)11-7-10(15)17-12(16)18-11/h7,9H,5-6,8H2,1-4H3,(H2,16,17,18). The SMILES string of the molecule is CN(C(=O)OC(C)(C)C)C1CCN(c2cc(Cl)nc(N)n2)C1. The molecular weight excluding hydrogens is 306 g/mol. The van der Waals surface area contributed by atoms with Gasteiger partial charge in [-0.2, -0.15) is 4.98 Å². The summed E-state index contributed by atoms with van der Waals surface area (Å²) in [5.41, 5.74) is 5.12. The molecule has 1 amide bonds. The number of nitrogen functional groups attached to an aromatic ring is 1. The summed E-state index contributed by atoms with van der Waals surface area (Å²) in [5, 5.41) is 0.312. The minimum atomic E-state index is -0.502. The van der Waals surface area contributed by atoms with E-state index in [1.807, 2.05) is 25.7 Å². The molecule has 1 fully saturated rings. The van der Waals surface area contributed by atoms with Gasteiger partial charge in [0, 0.05) is 26.2 Å². The van der Waals surface area contributed by atoms with Crippen LogP contribution in [0.25, 0.3) is 0 Å². The molecule has 0 aromatic carbocycles. The largest absolute Gasteiger partial charge is 0.444 e. The van der Waals surface area contributed by atoms with Crippen LogP contribution in [0, 0.1) is 0 Å². The second kappa shape index (κ2) is 6.16. The van der Waals surface area contributed by atoms with E-state index >= 15 is 0 Å². The Balaban J connectivity index is 2.01. The minimum absolute atomic E-state index is 0.0600. The second-order valence-electron chi connectivity index (χ2n) is 6.39. The molecule has 22 heavy (non-hydrogen) atoms. The zero-order valence-electron chi connectivity index (χ0n) is 13.3. The third-order valence-corrected chi connectivity index (χ3v) is 3.61. The van der Waals surface area contributed by atoms with Crippen LogP contribution in [0.2, 0.25) is 5.15 Å². The first kappa shape index (κ1) is 16.6. The Labute approximate surface area is 135 Å². The van der Waals surface area contributed by atoms with Gasteiger partial charge >= 0.3 is 6.09 Å². The van der Waals surface area contributed by atoms with Gasteiger partial charge in [-0.1, -0.05) is 11.6 Å². The third-order valence-electron chi connectivity index (χ3n) is 3.42. The molecule has 1 atom stereocenters. The number of ether oxygens (including phenoxy) is 1. The molecule has 1 unspecified atom stereocenters. The van der Waals surface area contributed by atoms with Crippen molar-refractivity contribution in [1.29, 1.82) is 0 Å². The van der Waals surface area contributed by atoms with E-state index in [0.717, 1.165) is 13.0 Å². The van der Waals surface area contributed by atoms with Gasteiger partial charge in [0.25, 0.3) is 0 Å². The summed E-state index contributed by atoms with van der Waals surface area (Å²) >= 11 is 5.91. The van der Waals surface area contributed by atoms with Crippen molar-refractivity contribution in [2.45, 2.75) is 38.8 Å². The molecule has 1 saturated heterocycles. The van der Waals surface area contributed by atoms with Crippen molar-refractivity contribution in [2.75, 3.05) is 30.8 Å². The van der Waals surface area contributed by atoms with E-state index < -0.39 is 5.60 Å². The van der Waals surface area contributed by atoms with Crippen LogP contribution < -0.4 is 10.6 Å².